The van der Waals surface area contributed by atoms with E-state index in [2.05, 4.69) is 30.7 Å². The van der Waals surface area contributed by atoms with Crippen molar-refractivity contribution in [1.82, 2.24) is 9.97 Å². The van der Waals surface area contributed by atoms with E-state index < -0.39 is 0 Å². The number of aryl methyl sites for hydroxylation is 1. The highest BCUT2D eigenvalue weighted by Gasteiger charge is 2.09. The SMILES string of the molecule is CCCc1nc(N)c(C)c(SCC(C)C)n1. The van der Waals surface area contributed by atoms with Crippen molar-refractivity contribution in [1.29, 1.82) is 0 Å². The maximum Gasteiger partial charge on any atom is 0.132 e. The first-order chi connectivity index (χ1) is 7.54. The van der Waals surface area contributed by atoms with Gasteiger partial charge >= 0.3 is 0 Å². The van der Waals surface area contributed by atoms with Crippen LogP contribution in [-0.4, -0.2) is 15.7 Å². The minimum Gasteiger partial charge on any atom is -0.383 e. The lowest BCUT2D eigenvalue weighted by Crippen LogP contribution is -2.05. The molecule has 4 heteroatoms. The normalized spacial score (nSPS) is 11.1. The molecule has 1 aromatic heterocycles. The summed E-state index contributed by atoms with van der Waals surface area (Å²) in [4.78, 5) is 8.87. The van der Waals surface area contributed by atoms with Crippen LogP contribution in [0.25, 0.3) is 0 Å². The number of anilines is 1. The van der Waals surface area contributed by atoms with Crippen molar-refractivity contribution in [2.24, 2.45) is 5.92 Å². The smallest absolute Gasteiger partial charge is 0.132 e. The Balaban J connectivity index is 2.88. The molecule has 90 valence electrons. The van der Waals surface area contributed by atoms with Crippen molar-refractivity contribution in [3.05, 3.63) is 11.4 Å². The first kappa shape index (κ1) is 13.3. The summed E-state index contributed by atoms with van der Waals surface area (Å²) < 4.78 is 0. The maximum absolute atomic E-state index is 5.89. The molecule has 1 aromatic rings. The van der Waals surface area contributed by atoms with Crippen molar-refractivity contribution in [2.45, 2.75) is 45.6 Å². The Hall–Kier alpha value is -0.770. The lowest BCUT2D eigenvalue weighted by molar-refractivity contribution is 0.747. The third kappa shape index (κ3) is 3.67. The van der Waals surface area contributed by atoms with Gasteiger partial charge in [-0.25, -0.2) is 9.97 Å². The topological polar surface area (TPSA) is 51.8 Å². The molecular weight excluding hydrogens is 218 g/mol. The van der Waals surface area contributed by atoms with Gasteiger partial charge in [0.05, 0.1) is 0 Å². The van der Waals surface area contributed by atoms with Crippen molar-refractivity contribution < 1.29 is 0 Å². The largest absolute Gasteiger partial charge is 0.383 e. The Morgan fingerprint density at radius 3 is 2.56 bits per heavy atom. The minimum absolute atomic E-state index is 0.629. The highest BCUT2D eigenvalue weighted by Crippen LogP contribution is 2.25. The van der Waals surface area contributed by atoms with E-state index in [1.807, 2.05) is 6.92 Å². The Kier molecular flexibility index (Phi) is 5.06. The molecule has 0 fully saturated rings. The summed E-state index contributed by atoms with van der Waals surface area (Å²) in [6, 6.07) is 0. The molecule has 0 amide bonds. The number of nitrogens with zero attached hydrogens (tertiary/aromatic N) is 2. The molecule has 0 aliphatic carbocycles. The van der Waals surface area contributed by atoms with Gasteiger partial charge in [-0.05, 0) is 19.3 Å². The third-order valence-electron chi connectivity index (χ3n) is 2.21. The second-order valence-corrected chi connectivity index (χ2v) is 5.42. The van der Waals surface area contributed by atoms with Gasteiger partial charge in [-0.2, -0.15) is 0 Å². The number of hydrogen-bond acceptors (Lipinski definition) is 4. The fraction of sp³-hybridized carbons (Fsp3) is 0.667. The number of rotatable bonds is 5. The molecule has 2 N–H and O–H groups in total. The Bertz CT molecular complexity index is 350. The molecular formula is C12H21N3S. The van der Waals surface area contributed by atoms with Crippen LogP contribution in [0.15, 0.2) is 5.03 Å². The number of nitrogen functional groups attached to an aromatic ring is 1. The van der Waals surface area contributed by atoms with Crippen LogP contribution < -0.4 is 5.73 Å². The van der Waals surface area contributed by atoms with E-state index in [0.29, 0.717) is 11.7 Å². The second kappa shape index (κ2) is 6.09. The highest BCUT2D eigenvalue weighted by molar-refractivity contribution is 7.99. The van der Waals surface area contributed by atoms with Crippen LogP contribution in [0.4, 0.5) is 5.82 Å². The van der Waals surface area contributed by atoms with Crippen molar-refractivity contribution in [2.75, 3.05) is 11.5 Å². The molecule has 0 aliphatic rings. The summed E-state index contributed by atoms with van der Waals surface area (Å²) in [6.45, 7) is 8.54. The van der Waals surface area contributed by atoms with Crippen molar-refractivity contribution in [3.63, 3.8) is 0 Å². The molecule has 0 radical (unpaired) electrons. The van der Waals surface area contributed by atoms with Gasteiger partial charge in [-0.3, -0.25) is 0 Å². The summed E-state index contributed by atoms with van der Waals surface area (Å²) in [5, 5.41) is 1.05. The quantitative estimate of drug-likeness (QED) is 0.634. The Morgan fingerprint density at radius 1 is 1.31 bits per heavy atom. The summed E-state index contributed by atoms with van der Waals surface area (Å²) >= 11 is 1.78. The van der Waals surface area contributed by atoms with E-state index in [-0.39, 0.29) is 0 Å². The Morgan fingerprint density at radius 2 is 2.00 bits per heavy atom. The van der Waals surface area contributed by atoms with Crippen molar-refractivity contribution >= 4 is 17.6 Å². The van der Waals surface area contributed by atoms with E-state index in [1.165, 1.54) is 0 Å². The van der Waals surface area contributed by atoms with Gasteiger partial charge in [-0.15, -0.1) is 11.8 Å². The van der Waals surface area contributed by atoms with E-state index >= 15 is 0 Å². The molecule has 0 bridgehead atoms. The van der Waals surface area contributed by atoms with Crippen LogP contribution >= 0.6 is 11.8 Å². The minimum atomic E-state index is 0.629. The molecule has 0 aliphatic heterocycles. The monoisotopic (exact) mass is 239 g/mol. The van der Waals surface area contributed by atoms with Gasteiger partial charge in [0.2, 0.25) is 0 Å². The Labute approximate surface area is 102 Å². The fourth-order valence-corrected chi connectivity index (χ4v) is 2.26. The molecule has 1 heterocycles. The molecule has 3 nitrogen and oxygen atoms in total. The van der Waals surface area contributed by atoms with E-state index in [1.54, 1.807) is 11.8 Å². The fourth-order valence-electron chi connectivity index (χ4n) is 1.28. The van der Waals surface area contributed by atoms with Gasteiger partial charge < -0.3 is 5.73 Å². The highest BCUT2D eigenvalue weighted by atomic mass is 32.2. The number of aromatic nitrogens is 2. The lowest BCUT2D eigenvalue weighted by Gasteiger charge is -2.10. The van der Waals surface area contributed by atoms with Crippen LogP contribution in [0.1, 0.15) is 38.6 Å². The van der Waals surface area contributed by atoms with Crippen LogP contribution in [0, 0.1) is 12.8 Å². The third-order valence-corrected chi connectivity index (χ3v) is 3.72. The molecule has 0 unspecified atom stereocenters. The predicted octanol–water partition coefficient (Wildman–Crippen LogP) is 3.07. The average Bonchev–Trinajstić information content (AvgIpc) is 2.21. The summed E-state index contributed by atoms with van der Waals surface area (Å²) in [6.07, 6.45) is 1.95. The average molecular weight is 239 g/mol. The molecule has 0 saturated heterocycles. The molecule has 0 saturated carbocycles. The van der Waals surface area contributed by atoms with E-state index in [0.717, 1.165) is 35.0 Å². The number of hydrogen-bond donors (Lipinski definition) is 1. The lowest BCUT2D eigenvalue weighted by atomic mass is 10.3. The van der Waals surface area contributed by atoms with Gasteiger partial charge in [0, 0.05) is 17.7 Å². The first-order valence-corrected chi connectivity index (χ1v) is 6.79. The van der Waals surface area contributed by atoms with Crippen LogP contribution in [0.5, 0.6) is 0 Å². The number of nitrogens with two attached hydrogens (primary N) is 1. The molecule has 0 spiro atoms. The van der Waals surface area contributed by atoms with Crippen LogP contribution in [-0.2, 0) is 6.42 Å². The van der Waals surface area contributed by atoms with E-state index in [9.17, 15) is 0 Å². The zero-order chi connectivity index (χ0) is 12.1. The van der Waals surface area contributed by atoms with Gasteiger partial charge in [-0.1, -0.05) is 20.8 Å². The number of thioether (sulfide) groups is 1. The summed E-state index contributed by atoms with van der Waals surface area (Å²) in [5.74, 6) is 3.24. The molecule has 0 aromatic carbocycles. The predicted molar refractivity (Wildman–Crippen MR) is 70.7 cm³/mol. The summed E-state index contributed by atoms with van der Waals surface area (Å²) in [7, 11) is 0. The van der Waals surface area contributed by atoms with Gasteiger partial charge in [0.25, 0.3) is 0 Å². The van der Waals surface area contributed by atoms with Gasteiger partial charge in [0.1, 0.15) is 16.7 Å². The zero-order valence-corrected chi connectivity index (χ0v) is 11.4. The standard InChI is InChI=1S/C12H21N3S/c1-5-6-10-14-11(13)9(4)12(15-10)16-7-8(2)3/h8H,5-7H2,1-4H3,(H2,13,14,15). The van der Waals surface area contributed by atoms with Crippen LogP contribution in [0.2, 0.25) is 0 Å². The second-order valence-electron chi connectivity index (χ2n) is 4.41. The van der Waals surface area contributed by atoms with E-state index in [4.69, 9.17) is 5.73 Å². The van der Waals surface area contributed by atoms with Gasteiger partial charge in [0.15, 0.2) is 0 Å². The summed E-state index contributed by atoms with van der Waals surface area (Å²) in [5.41, 5.74) is 6.91. The molecule has 16 heavy (non-hydrogen) atoms. The van der Waals surface area contributed by atoms with Crippen molar-refractivity contribution in [3.8, 4) is 0 Å². The van der Waals surface area contributed by atoms with Crippen LogP contribution in [0.3, 0.4) is 0 Å². The maximum atomic E-state index is 5.89. The molecule has 0 atom stereocenters. The first-order valence-electron chi connectivity index (χ1n) is 5.80. The zero-order valence-electron chi connectivity index (χ0n) is 10.6. The molecule has 1 rings (SSSR count).